The first-order chi connectivity index (χ1) is 10.2. The number of hydrogen-bond acceptors (Lipinski definition) is 3. The van der Waals surface area contributed by atoms with Crippen LogP contribution in [-0.4, -0.2) is 18.5 Å². The lowest BCUT2D eigenvalue weighted by Crippen LogP contribution is -2.46. The molecule has 2 N–H and O–H groups in total. The van der Waals surface area contributed by atoms with Crippen LogP contribution in [-0.2, 0) is 11.2 Å². The summed E-state index contributed by atoms with van der Waals surface area (Å²) in [5, 5.41) is 7.70. The molecule has 1 aliphatic heterocycles. The average Bonchev–Trinajstić information content (AvgIpc) is 2.88. The monoisotopic (exact) mass is 286 g/mol. The minimum absolute atomic E-state index is 0.146. The summed E-state index contributed by atoms with van der Waals surface area (Å²) in [6.45, 7) is 4.99. The summed E-state index contributed by atoms with van der Waals surface area (Å²) in [5.74, 6) is 1.18. The highest BCUT2D eigenvalue weighted by Crippen LogP contribution is 2.30. The number of piperidine rings is 1. The molecule has 0 aliphatic carbocycles. The molecule has 112 valence electrons. The van der Waals surface area contributed by atoms with Crippen LogP contribution in [0.5, 0.6) is 0 Å². The lowest BCUT2D eigenvalue weighted by molar-refractivity contribution is -0.122. The maximum absolute atomic E-state index is 11.2. The van der Waals surface area contributed by atoms with E-state index in [2.05, 4.69) is 36.6 Å². The van der Waals surface area contributed by atoms with Crippen molar-refractivity contribution in [1.29, 1.82) is 0 Å². The highest BCUT2D eigenvalue weighted by Gasteiger charge is 2.23. The maximum atomic E-state index is 11.2. The van der Waals surface area contributed by atoms with Crippen molar-refractivity contribution < 1.29 is 9.21 Å². The van der Waals surface area contributed by atoms with Crippen LogP contribution < -0.4 is 10.6 Å². The Morgan fingerprint density at radius 3 is 2.95 bits per heavy atom. The second kappa shape index (κ2) is 5.90. The maximum Gasteiger partial charge on any atom is 0.220 e. The van der Waals surface area contributed by atoms with Crippen LogP contribution >= 0.6 is 0 Å². The van der Waals surface area contributed by atoms with Crippen molar-refractivity contribution >= 4 is 16.9 Å². The average molecular weight is 286 g/mol. The number of fused-ring (bicyclic) bond motifs is 1. The number of furan rings is 1. The normalized spacial score (nSPS) is 20.5. The molecule has 1 aromatic carbocycles. The Morgan fingerprint density at radius 1 is 1.43 bits per heavy atom. The summed E-state index contributed by atoms with van der Waals surface area (Å²) in [7, 11) is 0. The van der Waals surface area contributed by atoms with Crippen LogP contribution in [0.15, 0.2) is 28.7 Å². The smallest absolute Gasteiger partial charge is 0.220 e. The van der Waals surface area contributed by atoms with Gasteiger partial charge in [-0.3, -0.25) is 4.79 Å². The summed E-state index contributed by atoms with van der Waals surface area (Å²) < 4.78 is 6.06. The minimum Gasteiger partial charge on any atom is -0.459 e. The topological polar surface area (TPSA) is 54.3 Å². The molecule has 1 aromatic heterocycles. The molecule has 2 aromatic rings. The van der Waals surface area contributed by atoms with Gasteiger partial charge in [-0.25, -0.2) is 0 Å². The van der Waals surface area contributed by atoms with Crippen molar-refractivity contribution in [3.63, 3.8) is 0 Å². The van der Waals surface area contributed by atoms with E-state index in [0.29, 0.717) is 19.0 Å². The fraction of sp³-hybridized carbons (Fsp3) is 0.471. The van der Waals surface area contributed by atoms with Crippen LogP contribution in [0, 0.1) is 0 Å². The number of para-hydroxylation sites is 1. The van der Waals surface area contributed by atoms with E-state index in [1.165, 1.54) is 10.9 Å². The van der Waals surface area contributed by atoms with Gasteiger partial charge < -0.3 is 15.1 Å². The summed E-state index contributed by atoms with van der Waals surface area (Å²) in [6, 6.07) is 8.66. The van der Waals surface area contributed by atoms with Crippen molar-refractivity contribution in [1.82, 2.24) is 10.6 Å². The van der Waals surface area contributed by atoms with E-state index in [1.807, 2.05) is 12.1 Å². The molecule has 0 bridgehead atoms. The quantitative estimate of drug-likeness (QED) is 0.908. The Hall–Kier alpha value is -1.81. The second-order valence-electron chi connectivity index (χ2n) is 5.72. The third-order valence-electron chi connectivity index (χ3n) is 4.23. The van der Waals surface area contributed by atoms with Gasteiger partial charge >= 0.3 is 0 Å². The minimum atomic E-state index is 0.146. The number of carbonyl (C=O) groups excluding carboxylic acids is 1. The fourth-order valence-corrected chi connectivity index (χ4v) is 3.14. The van der Waals surface area contributed by atoms with Crippen LogP contribution in [0.4, 0.5) is 0 Å². The molecule has 0 radical (unpaired) electrons. The van der Waals surface area contributed by atoms with Gasteiger partial charge in [0.15, 0.2) is 0 Å². The molecule has 2 atom stereocenters. The highest BCUT2D eigenvalue weighted by atomic mass is 16.3. The van der Waals surface area contributed by atoms with Crippen molar-refractivity contribution in [3.05, 3.63) is 35.6 Å². The third kappa shape index (κ3) is 2.81. The first kappa shape index (κ1) is 14.1. The van der Waals surface area contributed by atoms with Crippen LogP contribution in [0.1, 0.15) is 44.1 Å². The number of benzene rings is 1. The van der Waals surface area contributed by atoms with Crippen LogP contribution in [0.3, 0.4) is 0 Å². The largest absolute Gasteiger partial charge is 0.459 e. The van der Waals surface area contributed by atoms with E-state index in [1.54, 1.807) is 0 Å². The number of amides is 1. The number of rotatable bonds is 4. The van der Waals surface area contributed by atoms with E-state index in [0.717, 1.165) is 24.2 Å². The Bertz CT molecular complexity index is 637. The summed E-state index contributed by atoms with van der Waals surface area (Å²) in [4.78, 5) is 11.2. The van der Waals surface area contributed by atoms with Gasteiger partial charge in [0.1, 0.15) is 11.3 Å². The zero-order chi connectivity index (χ0) is 14.8. The zero-order valence-corrected chi connectivity index (χ0v) is 12.6. The van der Waals surface area contributed by atoms with E-state index >= 15 is 0 Å². The first-order valence-electron chi connectivity index (χ1n) is 7.72. The van der Waals surface area contributed by atoms with E-state index in [-0.39, 0.29) is 11.9 Å². The molecule has 1 amide bonds. The predicted molar refractivity (Wildman–Crippen MR) is 83.2 cm³/mol. The predicted octanol–water partition coefficient (Wildman–Crippen LogP) is 2.92. The van der Waals surface area contributed by atoms with Gasteiger partial charge in [0.25, 0.3) is 0 Å². The Kier molecular flexibility index (Phi) is 3.97. The molecule has 4 heteroatoms. The third-order valence-corrected chi connectivity index (χ3v) is 4.23. The van der Waals surface area contributed by atoms with Gasteiger partial charge in [-0.05, 0) is 25.8 Å². The van der Waals surface area contributed by atoms with Gasteiger partial charge in [0.05, 0.1) is 6.04 Å². The zero-order valence-electron chi connectivity index (χ0n) is 12.6. The van der Waals surface area contributed by atoms with Gasteiger partial charge in [0.2, 0.25) is 5.91 Å². The van der Waals surface area contributed by atoms with Crippen molar-refractivity contribution in [2.75, 3.05) is 6.54 Å². The molecular formula is C17H22N2O2. The molecule has 3 rings (SSSR count). The number of nitrogens with one attached hydrogen (secondary N) is 2. The fourth-order valence-electron chi connectivity index (χ4n) is 3.14. The van der Waals surface area contributed by atoms with Gasteiger partial charge in [-0.1, -0.05) is 25.1 Å². The SMILES string of the molecule is CCc1c(C(C)NC2CCC(=O)NC2)oc2ccccc12. The van der Waals surface area contributed by atoms with E-state index < -0.39 is 0 Å². The van der Waals surface area contributed by atoms with Crippen LogP contribution in [0.25, 0.3) is 11.0 Å². The summed E-state index contributed by atoms with van der Waals surface area (Å²) in [5.41, 5.74) is 2.24. The number of aryl methyl sites for hydroxylation is 1. The van der Waals surface area contributed by atoms with Crippen molar-refractivity contribution in [2.45, 2.75) is 45.2 Å². The van der Waals surface area contributed by atoms with Crippen molar-refractivity contribution in [2.24, 2.45) is 0 Å². The van der Waals surface area contributed by atoms with Crippen LogP contribution in [0.2, 0.25) is 0 Å². The highest BCUT2D eigenvalue weighted by molar-refractivity contribution is 5.82. The van der Waals surface area contributed by atoms with Gasteiger partial charge in [-0.2, -0.15) is 0 Å². The number of hydrogen-bond donors (Lipinski definition) is 2. The lowest BCUT2D eigenvalue weighted by atomic mass is 10.0. The molecule has 0 spiro atoms. The molecule has 1 aliphatic rings. The molecule has 2 heterocycles. The van der Waals surface area contributed by atoms with Crippen molar-refractivity contribution in [3.8, 4) is 0 Å². The Labute approximate surface area is 124 Å². The molecule has 0 saturated carbocycles. The summed E-state index contributed by atoms with van der Waals surface area (Å²) in [6.07, 6.45) is 2.45. The molecule has 21 heavy (non-hydrogen) atoms. The first-order valence-corrected chi connectivity index (χ1v) is 7.72. The Balaban J connectivity index is 1.80. The molecule has 2 unspecified atom stereocenters. The Morgan fingerprint density at radius 2 is 2.24 bits per heavy atom. The van der Waals surface area contributed by atoms with E-state index in [9.17, 15) is 4.79 Å². The summed E-state index contributed by atoms with van der Waals surface area (Å²) >= 11 is 0. The number of carbonyl (C=O) groups is 1. The lowest BCUT2D eigenvalue weighted by Gasteiger charge is -2.26. The molecule has 1 fully saturated rings. The van der Waals surface area contributed by atoms with Gasteiger partial charge in [-0.15, -0.1) is 0 Å². The molecular weight excluding hydrogens is 264 g/mol. The standard InChI is InChI=1S/C17H22N2O2/c1-3-13-14-6-4-5-7-15(14)21-17(13)11(2)19-12-8-9-16(20)18-10-12/h4-7,11-12,19H,3,8-10H2,1-2H3,(H,18,20). The molecule has 1 saturated heterocycles. The second-order valence-corrected chi connectivity index (χ2v) is 5.72. The van der Waals surface area contributed by atoms with Gasteiger partial charge in [0, 0.05) is 30.0 Å². The molecule has 4 nitrogen and oxygen atoms in total. The van der Waals surface area contributed by atoms with E-state index in [4.69, 9.17) is 4.42 Å².